The molecule has 0 bridgehead atoms. The molecule has 0 spiro atoms. The molecule has 0 amide bonds. The molecule has 0 radical (unpaired) electrons. The van der Waals surface area contributed by atoms with Crippen LogP contribution in [0.25, 0.3) is 33.4 Å². The van der Waals surface area contributed by atoms with Gasteiger partial charge in [-0.2, -0.15) is 5.10 Å². The van der Waals surface area contributed by atoms with Gasteiger partial charge >= 0.3 is 0 Å². The van der Waals surface area contributed by atoms with Crippen LogP contribution in [0.4, 0.5) is 10.2 Å². The second-order valence-electron chi connectivity index (χ2n) is 8.69. The Morgan fingerprint density at radius 2 is 1.86 bits per heavy atom. The second kappa shape index (κ2) is 8.78. The topological polar surface area (TPSA) is 84.3 Å². The Labute approximate surface area is 207 Å². The van der Waals surface area contributed by atoms with Crippen molar-refractivity contribution in [3.8, 4) is 22.3 Å². The van der Waals surface area contributed by atoms with Crippen molar-refractivity contribution in [1.29, 1.82) is 0 Å². The SMILES string of the molecule is Cc1nn(C)c(C)c1-c1c(C)c(Cl)cc(C(C)Nc2ncnc3[nH]cnc23)c1-c1cccc(F)c1. The average molecular weight is 490 g/mol. The van der Waals surface area contributed by atoms with E-state index in [1.165, 1.54) is 12.4 Å². The molecule has 7 nitrogen and oxygen atoms in total. The van der Waals surface area contributed by atoms with Crippen LogP contribution in [0.5, 0.6) is 0 Å². The Hall–Kier alpha value is -3.78. The summed E-state index contributed by atoms with van der Waals surface area (Å²) in [5.74, 6) is 0.294. The number of H-pyrrole nitrogens is 1. The lowest BCUT2D eigenvalue weighted by Gasteiger charge is -2.24. The number of aromatic nitrogens is 6. The van der Waals surface area contributed by atoms with E-state index in [1.54, 1.807) is 18.5 Å². The zero-order valence-corrected chi connectivity index (χ0v) is 20.9. The average Bonchev–Trinajstić information content (AvgIpc) is 3.40. The van der Waals surface area contributed by atoms with Crippen molar-refractivity contribution in [1.82, 2.24) is 29.7 Å². The molecule has 0 aliphatic heterocycles. The molecule has 1 unspecified atom stereocenters. The molecular weight excluding hydrogens is 465 g/mol. The first-order valence-electron chi connectivity index (χ1n) is 11.3. The summed E-state index contributed by atoms with van der Waals surface area (Å²) in [5.41, 5.74) is 8.60. The molecule has 5 rings (SSSR count). The summed E-state index contributed by atoms with van der Waals surface area (Å²) in [7, 11) is 1.92. The van der Waals surface area contributed by atoms with E-state index in [4.69, 9.17) is 11.6 Å². The summed E-state index contributed by atoms with van der Waals surface area (Å²) in [6.45, 7) is 8.03. The maximum atomic E-state index is 14.5. The van der Waals surface area contributed by atoms with Crippen molar-refractivity contribution in [3.63, 3.8) is 0 Å². The number of rotatable bonds is 5. The Morgan fingerprint density at radius 3 is 2.57 bits per heavy atom. The van der Waals surface area contributed by atoms with E-state index in [0.29, 0.717) is 22.0 Å². The molecule has 5 aromatic rings. The highest BCUT2D eigenvalue weighted by molar-refractivity contribution is 6.32. The molecule has 3 aromatic heterocycles. The summed E-state index contributed by atoms with van der Waals surface area (Å²) in [4.78, 5) is 16.0. The maximum absolute atomic E-state index is 14.5. The van der Waals surface area contributed by atoms with Gasteiger partial charge in [-0.3, -0.25) is 4.68 Å². The Bertz CT molecular complexity index is 1570. The number of fused-ring (bicyclic) bond motifs is 1. The Morgan fingerprint density at radius 1 is 1.06 bits per heavy atom. The van der Waals surface area contributed by atoms with E-state index < -0.39 is 0 Å². The molecule has 1 atom stereocenters. The highest BCUT2D eigenvalue weighted by Crippen LogP contribution is 2.45. The van der Waals surface area contributed by atoms with Crippen molar-refractivity contribution < 1.29 is 4.39 Å². The van der Waals surface area contributed by atoms with Crippen LogP contribution < -0.4 is 5.32 Å². The molecule has 0 aliphatic carbocycles. The van der Waals surface area contributed by atoms with E-state index in [9.17, 15) is 4.39 Å². The standard InChI is InChI=1S/C26H25ClFN7/c1-13-20(27)10-19(14(2)33-26-24-25(30-11-29-24)31-12-32-26)23(17-7-6-8-18(28)9-17)21(13)22-15(3)34-35(5)16(22)4/h6-12,14H,1-5H3,(H2,29,30,31,32,33). The molecule has 2 aromatic carbocycles. The fraction of sp³-hybridized carbons (Fsp3) is 0.231. The van der Waals surface area contributed by atoms with Gasteiger partial charge in [0.15, 0.2) is 11.5 Å². The van der Waals surface area contributed by atoms with Gasteiger partial charge in [0.25, 0.3) is 0 Å². The zero-order valence-electron chi connectivity index (χ0n) is 20.1. The first-order valence-corrected chi connectivity index (χ1v) is 11.6. The summed E-state index contributed by atoms with van der Waals surface area (Å²) < 4.78 is 16.3. The minimum absolute atomic E-state index is 0.239. The van der Waals surface area contributed by atoms with Gasteiger partial charge in [0.05, 0.1) is 18.1 Å². The molecular formula is C26H25ClFN7. The van der Waals surface area contributed by atoms with Gasteiger partial charge in [-0.25, -0.2) is 19.3 Å². The summed E-state index contributed by atoms with van der Waals surface area (Å²) in [6, 6.07) is 8.35. The quantitative estimate of drug-likeness (QED) is 0.302. The van der Waals surface area contributed by atoms with E-state index >= 15 is 0 Å². The molecule has 0 fully saturated rings. The van der Waals surface area contributed by atoms with Crippen LogP contribution in [0, 0.1) is 26.6 Å². The predicted molar refractivity (Wildman–Crippen MR) is 137 cm³/mol. The van der Waals surface area contributed by atoms with Crippen LogP contribution in [-0.2, 0) is 7.05 Å². The third-order valence-electron chi connectivity index (χ3n) is 6.46. The second-order valence-corrected chi connectivity index (χ2v) is 9.10. The van der Waals surface area contributed by atoms with Gasteiger partial charge in [-0.15, -0.1) is 0 Å². The van der Waals surface area contributed by atoms with E-state index in [1.807, 2.05) is 51.6 Å². The third-order valence-corrected chi connectivity index (χ3v) is 6.86. The molecule has 0 saturated carbocycles. The van der Waals surface area contributed by atoms with Crippen LogP contribution in [0.3, 0.4) is 0 Å². The number of nitrogens with one attached hydrogen (secondary N) is 2. The van der Waals surface area contributed by atoms with Crippen molar-refractivity contribution in [3.05, 3.63) is 76.3 Å². The number of halogens is 2. The van der Waals surface area contributed by atoms with Crippen LogP contribution in [-0.4, -0.2) is 29.7 Å². The van der Waals surface area contributed by atoms with Gasteiger partial charge in [-0.05, 0) is 73.7 Å². The Balaban J connectivity index is 1.77. The third kappa shape index (κ3) is 3.93. The predicted octanol–water partition coefficient (Wildman–Crippen LogP) is 6.31. The van der Waals surface area contributed by atoms with E-state index in [0.717, 1.165) is 44.8 Å². The lowest BCUT2D eigenvalue weighted by Crippen LogP contribution is -2.11. The van der Waals surface area contributed by atoms with Crippen LogP contribution >= 0.6 is 11.6 Å². The number of imidazole rings is 1. The minimum Gasteiger partial charge on any atom is -0.362 e. The first-order chi connectivity index (χ1) is 16.8. The summed E-state index contributed by atoms with van der Waals surface area (Å²) in [5, 5.41) is 8.72. The lowest BCUT2D eigenvalue weighted by molar-refractivity contribution is 0.628. The van der Waals surface area contributed by atoms with Gasteiger partial charge in [0, 0.05) is 23.3 Å². The number of nitrogens with zero attached hydrogens (tertiary/aromatic N) is 5. The molecule has 35 heavy (non-hydrogen) atoms. The number of hydrogen-bond acceptors (Lipinski definition) is 5. The molecule has 3 heterocycles. The highest BCUT2D eigenvalue weighted by Gasteiger charge is 2.25. The van der Waals surface area contributed by atoms with Gasteiger partial charge in [0.1, 0.15) is 17.7 Å². The molecule has 0 aliphatic rings. The van der Waals surface area contributed by atoms with Crippen LogP contribution in [0.2, 0.25) is 5.02 Å². The number of aromatic amines is 1. The minimum atomic E-state index is -0.304. The van der Waals surface area contributed by atoms with E-state index in [-0.39, 0.29) is 11.9 Å². The van der Waals surface area contributed by atoms with Gasteiger partial charge in [0.2, 0.25) is 0 Å². The zero-order chi connectivity index (χ0) is 24.9. The molecule has 0 saturated heterocycles. The number of benzene rings is 2. The van der Waals surface area contributed by atoms with Crippen molar-refractivity contribution in [2.24, 2.45) is 7.05 Å². The number of anilines is 1. The van der Waals surface area contributed by atoms with Gasteiger partial charge in [-0.1, -0.05) is 23.7 Å². The molecule has 9 heteroatoms. The number of aryl methyl sites for hydroxylation is 2. The Kier molecular flexibility index (Phi) is 5.76. The fourth-order valence-corrected chi connectivity index (χ4v) is 4.88. The normalized spacial score (nSPS) is 12.3. The monoisotopic (exact) mass is 489 g/mol. The molecule has 2 N–H and O–H groups in total. The van der Waals surface area contributed by atoms with Crippen LogP contribution in [0.15, 0.2) is 43.0 Å². The van der Waals surface area contributed by atoms with Crippen molar-refractivity contribution >= 4 is 28.6 Å². The largest absolute Gasteiger partial charge is 0.362 e. The van der Waals surface area contributed by atoms with Crippen molar-refractivity contribution in [2.45, 2.75) is 33.7 Å². The first kappa shape index (κ1) is 23.0. The summed E-state index contributed by atoms with van der Waals surface area (Å²) in [6.07, 6.45) is 3.07. The van der Waals surface area contributed by atoms with E-state index in [2.05, 4.69) is 30.4 Å². The summed E-state index contributed by atoms with van der Waals surface area (Å²) >= 11 is 6.82. The van der Waals surface area contributed by atoms with Gasteiger partial charge < -0.3 is 10.3 Å². The van der Waals surface area contributed by atoms with Crippen molar-refractivity contribution in [2.75, 3.05) is 5.32 Å². The maximum Gasteiger partial charge on any atom is 0.162 e. The van der Waals surface area contributed by atoms with Crippen LogP contribution in [0.1, 0.15) is 35.5 Å². The number of hydrogen-bond donors (Lipinski definition) is 2. The fourth-order valence-electron chi connectivity index (χ4n) is 4.67. The smallest absolute Gasteiger partial charge is 0.162 e. The lowest BCUT2D eigenvalue weighted by atomic mass is 9.84. The highest BCUT2D eigenvalue weighted by atomic mass is 35.5. The molecule has 178 valence electrons.